The van der Waals surface area contributed by atoms with Gasteiger partial charge in [0, 0.05) is 13.1 Å². The van der Waals surface area contributed by atoms with E-state index in [1.165, 1.54) is 12.5 Å². The highest BCUT2D eigenvalue weighted by Gasteiger charge is 2.28. The third kappa shape index (κ3) is 3.07. The van der Waals surface area contributed by atoms with Crippen molar-refractivity contribution in [2.24, 2.45) is 5.92 Å². The quantitative estimate of drug-likeness (QED) is 0.476. The summed E-state index contributed by atoms with van der Waals surface area (Å²) in [5.41, 5.74) is -0.289. The first-order chi connectivity index (χ1) is 9.52. The van der Waals surface area contributed by atoms with Gasteiger partial charge in [-0.15, -0.1) is 0 Å². The Morgan fingerprint density at radius 2 is 2.30 bits per heavy atom. The summed E-state index contributed by atoms with van der Waals surface area (Å²) < 4.78 is 0. The summed E-state index contributed by atoms with van der Waals surface area (Å²) >= 11 is 5.75. The lowest BCUT2D eigenvalue weighted by Crippen LogP contribution is -2.37. The van der Waals surface area contributed by atoms with Crippen molar-refractivity contribution in [2.75, 3.05) is 13.1 Å². The lowest BCUT2D eigenvalue weighted by Gasteiger charge is -2.31. The molecular weight excluding hydrogens is 282 g/mol. The van der Waals surface area contributed by atoms with Crippen LogP contribution in [0.3, 0.4) is 0 Å². The lowest BCUT2D eigenvalue weighted by atomic mass is 9.85. The molecule has 1 fully saturated rings. The van der Waals surface area contributed by atoms with Gasteiger partial charge in [-0.2, -0.15) is 0 Å². The number of halogens is 1. The van der Waals surface area contributed by atoms with Crippen LogP contribution in [-0.4, -0.2) is 33.8 Å². The highest BCUT2D eigenvalue weighted by Crippen LogP contribution is 2.28. The summed E-state index contributed by atoms with van der Waals surface area (Å²) in [5, 5.41) is 11.1. The van der Waals surface area contributed by atoms with Gasteiger partial charge in [0.2, 0.25) is 0 Å². The van der Waals surface area contributed by atoms with Crippen molar-refractivity contribution in [1.29, 1.82) is 0 Å². The Morgan fingerprint density at radius 1 is 1.60 bits per heavy atom. The second-order valence-electron chi connectivity index (χ2n) is 4.92. The van der Waals surface area contributed by atoms with Crippen molar-refractivity contribution in [2.45, 2.75) is 26.2 Å². The maximum Gasteiger partial charge on any atom is 0.300 e. The van der Waals surface area contributed by atoms with E-state index in [1.807, 2.05) is 6.92 Å². The summed E-state index contributed by atoms with van der Waals surface area (Å²) in [7, 11) is 0. The highest BCUT2D eigenvalue weighted by atomic mass is 35.5. The molecule has 1 heterocycles. The fraction of sp³-hybridized carbons (Fsp3) is 0.538. The molecular formula is C13H16ClN3O3. The Morgan fingerprint density at radius 3 is 2.80 bits per heavy atom. The summed E-state index contributed by atoms with van der Waals surface area (Å²) in [4.78, 5) is 28.2. The normalized spacial score (nSPS) is 14.7. The van der Waals surface area contributed by atoms with Crippen LogP contribution in [0.4, 0.5) is 5.69 Å². The van der Waals surface area contributed by atoms with E-state index >= 15 is 0 Å². The van der Waals surface area contributed by atoms with Crippen molar-refractivity contribution >= 4 is 23.2 Å². The predicted octanol–water partition coefficient (Wildman–Crippen LogP) is 2.91. The van der Waals surface area contributed by atoms with E-state index in [0.29, 0.717) is 19.0 Å². The van der Waals surface area contributed by atoms with Gasteiger partial charge in [0.15, 0.2) is 0 Å². The fourth-order valence-corrected chi connectivity index (χ4v) is 2.41. The van der Waals surface area contributed by atoms with Gasteiger partial charge in [-0.3, -0.25) is 14.9 Å². The molecule has 20 heavy (non-hydrogen) atoms. The Balaban J connectivity index is 2.25. The average Bonchev–Trinajstić information content (AvgIpc) is 2.36. The molecule has 6 nitrogen and oxygen atoms in total. The number of pyridine rings is 1. The van der Waals surface area contributed by atoms with E-state index in [2.05, 4.69) is 4.98 Å². The second-order valence-corrected chi connectivity index (χ2v) is 5.31. The van der Waals surface area contributed by atoms with Gasteiger partial charge in [0.1, 0.15) is 16.9 Å². The van der Waals surface area contributed by atoms with Crippen LogP contribution in [-0.2, 0) is 0 Å². The molecule has 0 saturated heterocycles. The number of aromatic nitrogens is 1. The van der Waals surface area contributed by atoms with Crippen molar-refractivity contribution in [3.8, 4) is 0 Å². The molecule has 2 rings (SSSR count). The third-order valence-corrected chi connectivity index (χ3v) is 3.86. The van der Waals surface area contributed by atoms with Crippen molar-refractivity contribution in [1.82, 2.24) is 9.88 Å². The van der Waals surface area contributed by atoms with Crippen molar-refractivity contribution in [3.63, 3.8) is 0 Å². The molecule has 1 aromatic rings. The number of hydrogen-bond acceptors (Lipinski definition) is 4. The number of carbonyl (C=O) groups is 1. The van der Waals surface area contributed by atoms with Crippen LogP contribution in [0.1, 0.15) is 36.5 Å². The average molecular weight is 298 g/mol. The van der Waals surface area contributed by atoms with Crippen LogP contribution in [0.15, 0.2) is 12.3 Å². The maximum atomic E-state index is 12.5. The predicted molar refractivity (Wildman–Crippen MR) is 74.8 cm³/mol. The lowest BCUT2D eigenvalue weighted by molar-refractivity contribution is -0.385. The van der Waals surface area contributed by atoms with Crippen LogP contribution < -0.4 is 0 Å². The largest absolute Gasteiger partial charge is 0.338 e. The van der Waals surface area contributed by atoms with E-state index in [9.17, 15) is 14.9 Å². The van der Waals surface area contributed by atoms with Crippen LogP contribution in [0.25, 0.3) is 0 Å². The first kappa shape index (κ1) is 14.7. The summed E-state index contributed by atoms with van der Waals surface area (Å²) in [6.45, 7) is 3.03. The SMILES string of the molecule is CCN(CC1CCC1)C(=O)c1cc(Cl)ncc1[N+](=O)[O-]. The molecule has 0 unspecified atom stereocenters. The molecule has 1 saturated carbocycles. The molecule has 1 amide bonds. The summed E-state index contributed by atoms with van der Waals surface area (Å²) in [5.74, 6) is 0.158. The van der Waals surface area contributed by atoms with Crippen LogP contribution in [0, 0.1) is 16.0 Å². The first-order valence-electron chi connectivity index (χ1n) is 6.62. The fourth-order valence-electron chi connectivity index (χ4n) is 2.25. The summed E-state index contributed by atoms with van der Waals surface area (Å²) in [6.07, 6.45) is 4.45. The number of rotatable bonds is 5. The second kappa shape index (κ2) is 6.17. The van der Waals surface area contributed by atoms with Gasteiger partial charge in [0.05, 0.1) is 4.92 Å². The minimum atomic E-state index is -0.603. The molecule has 1 aliphatic rings. The zero-order valence-corrected chi connectivity index (χ0v) is 12.0. The molecule has 108 valence electrons. The Bertz CT molecular complexity index is 532. The van der Waals surface area contributed by atoms with Crippen molar-refractivity contribution < 1.29 is 9.72 Å². The number of nitrogens with zero attached hydrogens (tertiary/aromatic N) is 3. The van der Waals surface area contributed by atoms with E-state index in [1.54, 1.807) is 4.90 Å². The topological polar surface area (TPSA) is 76.3 Å². The van der Waals surface area contributed by atoms with Crippen LogP contribution >= 0.6 is 11.6 Å². The minimum absolute atomic E-state index is 0.0103. The van der Waals surface area contributed by atoms with Gasteiger partial charge >= 0.3 is 0 Å². The maximum absolute atomic E-state index is 12.5. The smallest absolute Gasteiger partial charge is 0.300 e. The number of hydrogen-bond donors (Lipinski definition) is 0. The molecule has 0 bridgehead atoms. The summed E-state index contributed by atoms with van der Waals surface area (Å²) in [6, 6.07) is 1.27. The van der Waals surface area contributed by atoms with Crippen molar-refractivity contribution in [3.05, 3.63) is 33.1 Å². The molecule has 0 N–H and O–H groups in total. The van der Waals surface area contributed by atoms with Gasteiger partial charge in [-0.05, 0) is 31.7 Å². The molecule has 7 heteroatoms. The van der Waals surface area contributed by atoms with E-state index in [-0.39, 0.29) is 22.3 Å². The van der Waals surface area contributed by atoms with E-state index in [0.717, 1.165) is 19.0 Å². The Hall–Kier alpha value is -1.69. The van der Waals surface area contributed by atoms with Gasteiger partial charge in [-0.25, -0.2) is 4.98 Å². The number of nitro groups is 1. The zero-order chi connectivity index (χ0) is 14.7. The molecule has 0 atom stereocenters. The molecule has 0 radical (unpaired) electrons. The number of carbonyl (C=O) groups excluding carboxylic acids is 1. The van der Waals surface area contributed by atoms with Crippen LogP contribution in [0.2, 0.25) is 5.15 Å². The zero-order valence-electron chi connectivity index (χ0n) is 11.2. The molecule has 0 aliphatic heterocycles. The van der Waals surface area contributed by atoms with E-state index in [4.69, 9.17) is 11.6 Å². The number of amides is 1. The molecule has 0 spiro atoms. The standard InChI is InChI=1S/C13H16ClN3O3/c1-2-16(8-9-4-3-5-9)13(18)10-6-12(14)15-7-11(10)17(19)20/h6-7,9H,2-5,8H2,1H3. The molecule has 1 aromatic heterocycles. The first-order valence-corrected chi connectivity index (χ1v) is 7.00. The Kier molecular flexibility index (Phi) is 4.54. The van der Waals surface area contributed by atoms with Gasteiger partial charge in [0.25, 0.3) is 11.6 Å². The molecule has 1 aliphatic carbocycles. The highest BCUT2D eigenvalue weighted by molar-refractivity contribution is 6.29. The van der Waals surface area contributed by atoms with Gasteiger partial charge in [-0.1, -0.05) is 18.0 Å². The van der Waals surface area contributed by atoms with E-state index < -0.39 is 4.92 Å². The Labute approximate surface area is 121 Å². The minimum Gasteiger partial charge on any atom is -0.338 e. The third-order valence-electron chi connectivity index (χ3n) is 3.65. The van der Waals surface area contributed by atoms with Gasteiger partial charge < -0.3 is 4.90 Å². The monoisotopic (exact) mass is 297 g/mol. The van der Waals surface area contributed by atoms with Crippen LogP contribution in [0.5, 0.6) is 0 Å². The molecule has 0 aromatic carbocycles.